The predicted octanol–water partition coefficient (Wildman–Crippen LogP) is 4.92. The highest BCUT2D eigenvalue weighted by Gasteiger charge is 2.61. The number of amides is 2. The number of aromatic nitrogens is 2. The van der Waals surface area contributed by atoms with Gasteiger partial charge in [-0.1, -0.05) is 57.9 Å². The standard InChI is InChI=1S/C26H19BrCl2N4O4/c1-2-7-37-23(36)25(5-6-25)31-21(34)20-13-30-24-32(18-10-16(28)9-17(29)11-18)22(35)26(33(20)24)12-14-3-4-15(27)8-19(14)26/h2-4,8-11,13H,1,5-7,12H2,(H,31,34)/t26-/m0/s1. The van der Waals surface area contributed by atoms with Gasteiger partial charge in [0, 0.05) is 20.9 Å². The molecular weight excluding hydrogens is 583 g/mol. The summed E-state index contributed by atoms with van der Waals surface area (Å²) in [5.74, 6) is -1.05. The van der Waals surface area contributed by atoms with Gasteiger partial charge >= 0.3 is 5.97 Å². The van der Waals surface area contributed by atoms with Gasteiger partial charge in [-0.15, -0.1) is 0 Å². The van der Waals surface area contributed by atoms with Crippen LogP contribution in [0.3, 0.4) is 0 Å². The predicted molar refractivity (Wildman–Crippen MR) is 141 cm³/mol. The Morgan fingerprint density at radius 3 is 2.59 bits per heavy atom. The van der Waals surface area contributed by atoms with E-state index in [0.717, 1.165) is 15.6 Å². The van der Waals surface area contributed by atoms with Crippen molar-refractivity contribution in [2.24, 2.45) is 0 Å². The van der Waals surface area contributed by atoms with Crippen molar-refractivity contribution < 1.29 is 19.1 Å². The van der Waals surface area contributed by atoms with Crippen molar-refractivity contribution in [2.75, 3.05) is 11.5 Å². The molecule has 11 heteroatoms. The lowest BCUT2D eigenvalue weighted by Crippen LogP contribution is -2.53. The Balaban J connectivity index is 1.46. The third kappa shape index (κ3) is 3.55. The van der Waals surface area contributed by atoms with Crippen LogP contribution < -0.4 is 10.2 Å². The molecule has 37 heavy (non-hydrogen) atoms. The van der Waals surface area contributed by atoms with Gasteiger partial charge < -0.3 is 10.1 Å². The van der Waals surface area contributed by atoms with E-state index in [-0.39, 0.29) is 24.2 Å². The van der Waals surface area contributed by atoms with Gasteiger partial charge in [0.2, 0.25) is 5.95 Å². The third-order valence-corrected chi connectivity index (χ3v) is 7.94. The van der Waals surface area contributed by atoms with E-state index in [4.69, 9.17) is 27.9 Å². The first kappa shape index (κ1) is 24.2. The minimum absolute atomic E-state index is 0.0545. The number of anilines is 2. The first-order chi connectivity index (χ1) is 17.7. The van der Waals surface area contributed by atoms with Crippen LogP contribution in [0.15, 0.2) is 59.7 Å². The Labute approximate surface area is 230 Å². The highest BCUT2D eigenvalue weighted by Crippen LogP contribution is 2.53. The molecule has 3 aromatic rings. The monoisotopic (exact) mass is 600 g/mol. The number of halogens is 3. The first-order valence-corrected chi connectivity index (χ1v) is 13.0. The Morgan fingerprint density at radius 1 is 1.19 bits per heavy atom. The third-order valence-electron chi connectivity index (χ3n) is 7.01. The molecule has 1 saturated carbocycles. The quantitative estimate of drug-likeness (QED) is 0.320. The van der Waals surface area contributed by atoms with E-state index in [1.165, 1.54) is 17.2 Å². The summed E-state index contributed by atoms with van der Waals surface area (Å²) in [5.41, 5.74) is 0.0663. The zero-order chi connectivity index (χ0) is 26.1. The van der Waals surface area contributed by atoms with Crippen LogP contribution >= 0.6 is 39.1 Å². The summed E-state index contributed by atoms with van der Waals surface area (Å²) >= 11 is 16.0. The van der Waals surface area contributed by atoms with Crippen LogP contribution in [0, 0.1) is 0 Å². The summed E-state index contributed by atoms with van der Waals surface area (Å²) in [5, 5.41) is 3.55. The Morgan fingerprint density at radius 2 is 1.92 bits per heavy atom. The van der Waals surface area contributed by atoms with Crippen LogP contribution in [0.4, 0.5) is 11.6 Å². The molecule has 0 bridgehead atoms. The van der Waals surface area contributed by atoms with Crippen molar-refractivity contribution in [1.82, 2.24) is 14.9 Å². The number of fused-ring (bicyclic) bond motifs is 4. The van der Waals surface area contributed by atoms with Gasteiger partial charge in [0.05, 0.1) is 11.9 Å². The maximum Gasteiger partial charge on any atom is 0.332 e. The Kier molecular flexibility index (Phi) is 5.52. The number of hydrogen-bond donors (Lipinski definition) is 1. The fourth-order valence-electron chi connectivity index (χ4n) is 5.11. The number of imidazole rings is 1. The van der Waals surface area contributed by atoms with Crippen molar-refractivity contribution in [3.8, 4) is 0 Å². The number of nitrogens with zero attached hydrogens (tertiary/aromatic N) is 3. The molecule has 1 atom stereocenters. The SMILES string of the molecule is C=CCOC(=O)C1(NC(=O)c2cnc3n2[C@]2(Cc4ccc(Br)cc42)C(=O)N3c2cc(Cl)cc(Cl)c2)CC1. The molecule has 2 amide bonds. The van der Waals surface area contributed by atoms with Crippen LogP contribution in [-0.2, 0) is 26.3 Å². The molecule has 1 spiro atoms. The molecule has 1 N–H and O–H groups in total. The van der Waals surface area contributed by atoms with Gasteiger partial charge in [-0.2, -0.15) is 0 Å². The topological polar surface area (TPSA) is 93.5 Å². The van der Waals surface area contributed by atoms with Crippen molar-refractivity contribution in [3.05, 3.63) is 86.6 Å². The van der Waals surface area contributed by atoms with E-state index in [1.54, 1.807) is 22.8 Å². The van der Waals surface area contributed by atoms with Gasteiger partial charge in [-0.25, -0.2) is 14.7 Å². The zero-order valence-electron chi connectivity index (χ0n) is 19.3. The summed E-state index contributed by atoms with van der Waals surface area (Å²) in [6.07, 6.45) is 4.18. The Bertz CT molecular complexity index is 1510. The summed E-state index contributed by atoms with van der Waals surface area (Å²) in [4.78, 5) is 46.2. The summed E-state index contributed by atoms with van der Waals surface area (Å²) in [6.45, 7) is 3.60. The minimum atomic E-state index is -1.19. The van der Waals surface area contributed by atoms with E-state index in [1.807, 2.05) is 18.2 Å². The Hall–Kier alpha value is -3.14. The van der Waals surface area contributed by atoms with Gasteiger partial charge in [-0.3, -0.25) is 14.2 Å². The van der Waals surface area contributed by atoms with E-state index in [9.17, 15) is 14.4 Å². The van der Waals surface area contributed by atoms with E-state index in [2.05, 4.69) is 32.8 Å². The molecule has 2 aliphatic carbocycles. The van der Waals surface area contributed by atoms with Gasteiger partial charge in [0.1, 0.15) is 17.8 Å². The molecule has 6 rings (SSSR count). The van der Waals surface area contributed by atoms with E-state index < -0.39 is 23.0 Å². The summed E-state index contributed by atoms with van der Waals surface area (Å²) in [7, 11) is 0. The molecule has 0 unspecified atom stereocenters. The average Bonchev–Trinajstić information content (AvgIpc) is 3.41. The molecule has 3 aliphatic rings. The number of esters is 1. The molecule has 1 aromatic heterocycles. The molecule has 0 radical (unpaired) electrons. The van der Waals surface area contributed by atoms with Crippen molar-refractivity contribution >= 4 is 68.6 Å². The lowest BCUT2D eigenvalue weighted by Gasteiger charge is -2.41. The molecule has 2 heterocycles. The highest BCUT2D eigenvalue weighted by molar-refractivity contribution is 9.10. The second kappa shape index (κ2) is 8.44. The normalized spacial score (nSPS) is 20.2. The van der Waals surface area contributed by atoms with Crippen molar-refractivity contribution in [1.29, 1.82) is 0 Å². The number of rotatable bonds is 6. The lowest BCUT2D eigenvalue weighted by molar-refractivity contribution is -0.145. The van der Waals surface area contributed by atoms with Crippen LogP contribution in [0.5, 0.6) is 0 Å². The number of carbonyl (C=O) groups is 3. The van der Waals surface area contributed by atoms with Crippen LogP contribution in [-0.4, -0.2) is 39.5 Å². The maximum absolute atomic E-state index is 14.2. The smallest absolute Gasteiger partial charge is 0.332 e. The number of hydrogen-bond acceptors (Lipinski definition) is 5. The molecule has 2 aromatic carbocycles. The number of ether oxygens (including phenoxy) is 1. The fraction of sp³-hybridized carbons (Fsp3) is 0.231. The summed E-state index contributed by atoms with van der Waals surface area (Å²) in [6, 6.07) is 10.6. The number of benzene rings is 2. The zero-order valence-corrected chi connectivity index (χ0v) is 22.4. The minimum Gasteiger partial charge on any atom is -0.460 e. The largest absolute Gasteiger partial charge is 0.460 e. The molecule has 1 aliphatic heterocycles. The van der Waals surface area contributed by atoms with E-state index >= 15 is 0 Å². The van der Waals surface area contributed by atoms with Crippen LogP contribution in [0.2, 0.25) is 10.0 Å². The lowest BCUT2D eigenvalue weighted by atomic mass is 9.70. The molecule has 1 fully saturated rings. The molecule has 0 saturated heterocycles. The second-order valence-corrected chi connectivity index (χ2v) is 11.1. The van der Waals surface area contributed by atoms with Gasteiger partial charge in [-0.05, 0) is 54.3 Å². The van der Waals surface area contributed by atoms with Crippen LogP contribution in [0.1, 0.15) is 34.5 Å². The maximum atomic E-state index is 14.2. The number of nitrogens with one attached hydrogen (secondary N) is 1. The van der Waals surface area contributed by atoms with E-state index in [0.29, 0.717) is 35.0 Å². The molecule has 8 nitrogen and oxygen atoms in total. The fourth-order valence-corrected chi connectivity index (χ4v) is 5.99. The second-order valence-electron chi connectivity index (χ2n) is 9.31. The number of carbonyl (C=O) groups excluding carboxylic acids is 3. The average molecular weight is 602 g/mol. The highest BCUT2D eigenvalue weighted by atomic mass is 79.9. The summed E-state index contributed by atoms with van der Waals surface area (Å²) < 4.78 is 7.64. The van der Waals surface area contributed by atoms with Gasteiger partial charge in [0.25, 0.3) is 11.8 Å². The van der Waals surface area contributed by atoms with Crippen molar-refractivity contribution in [3.63, 3.8) is 0 Å². The van der Waals surface area contributed by atoms with Gasteiger partial charge in [0.15, 0.2) is 5.54 Å². The molecular formula is C26H19BrCl2N4O4. The molecule has 188 valence electrons. The van der Waals surface area contributed by atoms with Crippen molar-refractivity contribution in [2.45, 2.75) is 30.3 Å². The first-order valence-electron chi connectivity index (χ1n) is 11.5. The van der Waals surface area contributed by atoms with Crippen LogP contribution in [0.25, 0.3) is 0 Å².